The summed E-state index contributed by atoms with van der Waals surface area (Å²) in [7, 11) is 2.03. The number of aryl methyl sites for hydroxylation is 1. The van der Waals surface area contributed by atoms with Crippen molar-refractivity contribution in [2.24, 2.45) is 18.9 Å². The summed E-state index contributed by atoms with van der Waals surface area (Å²) in [6.07, 6.45) is 3.78. The molecule has 2 saturated heterocycles. The summed E-state index contributed by atoms with van der Waals surface area (Å²) in [5.74, 6) is 2.47. The van der Waals surface area contributed by atoms with Gasteiger partial charge in [0.2, 0.25) is 0 Å². The van der Waals surface area contributed by atoms with Crippen LogP contribution in [0.5, 0.6) is 0 Å². The summed E-state index contributed by atoms with van der Waals surface area (Å²) in [6, 6.07) is 2.04. The Balaban J connectivity index is 1.84. The molecule has 2 aromatic heterocycles. The Hall–Kier alpha value is -1.62. The SMILES string of the molecule is Cn1cnc2c(N3CC4CNCC4C3(C)C)nccc21. The molecule has 4 rings (SSSR count). The van der Waals surface area contributed by atoms with E-state index in [1.165, 1.54) is 0 Å². The fourth-order valence-corrected chi connectivity index (χ4v) is 4.03. The molecule has 2 atom stereocenters. The molecule has 20 heavy (non-hydrogen) atoms. The van der Waals surface area contributed by atoms with Crippen LogP contribution < -0.4 is 10.2 Å². The molecule has 0 radical (unpaired) electrons. The molecule has 4 heterocycles. The van der Waals surface area contributed by atoms with Gasteiger partial charge < -0.3 is 14.8 Å². The van der Waals surface area contributed by atoms with Gasteiger partial charge in [-0.2, -0.15) is 0 Å². The van der Waals surface area contributed by atoms with Crippen molar-refractivity contribution in [1.29, 1.82) is 0 Å². The van der Waals surface area contributed by atoms with E-state index in [2.05, 4.69) is 38.6 Å². The fourth-order valence-electron chi connectivity index (χ4n) is 4.03. The van der Waals surface area contributed by atoms with Gasteiger partial charge in [-0.3, -0.25) is 0 Å². The van der Waals surface area contributed by atoms with Crippen LogP contribution >= 0.6 is 0 Å². The van der Waals surface area contributed by atoms with E-state index >= 15 is 0 Å². The molecule has 2 unspecified atom stereocenters. The van der Waals surface area contributed by atoms with Crippen LogP contribution in [-0.4, -0.2) is 39.7 Å². The summed E-state index contributed by atoms with van der Waals surface area (Å²) < 4.78 is 2.06. The van der Waals surface area contributed by atoms with E-state index in [9.17, 15) is 0 Å². The largest absolute Gasteiger partial charge is 0.349 e. The second-order valence-electron chi connectivity index (χ2n) is 6.65. The summed E-state index contributed by atoms with van der Waals surface area (Å²) in [5.41, 5.74) is 2.31. The minimum Gasteiger partial charge on any atom is -0.349 e. The molecule has 2 aliphatic rings. The molecule has 2 aliphatic heterocycles. The smallest absolute Gasteiger partial charge is 0.157 e. The highest BCUT2D eigenvalue weighted by Crippen LogP contribution is 2.43. The molecule has 5 nitrogen and oxygen atoms in total. The van der Waals surface area contributed by atoms with E-state index < -0.39 is 0 Å². The number of hydrogen-bond acceptors (Lipinski definition) is 4. The molecule has 1 N–H and O–H groups in total. The third-order valence-corrected chi connectivity index (χ3v) is 5.24. The van der Waals surface area contributed by atoms with Gasteiger partial charge in [0.15, 0.2) is 5.82 Å². The Bertz CT molecular complexity index is 659. The predicted molar refractivity (Wildman–Crippen MR) is 79.8 cm³/mol. The first-order valence-corrected chi connectivity index (χ1v) is 7.33. The number of hydrogen-bond donors (Lipinski definition) is 1. The van der Waals surface area contributed by atoms with Crippen LogP contribution in [-0.2, 0) is 7.05 Å². The number of fused-ring (bicyclic) bond motifs is 2. The van der Waals surface area contributed by atoms with E-state index in [1.807, 2.05) is 25.6 Å². The lowest BCUT2D eigenvalue weighted by Gasteiger charge is -2.36. The van der Waals surface area contributed by atoms with Gasteiger partial charge in [0.1, 0.15) is 5.52 Å². The van der Waals surface area contributed by atoms with Crippen LogP contribution in [0, 0.1) is 11.8 Å². The minimum absolute atomic E-state index is 0.132. The van der Waals surface area contributed by atoms with Crippen LogP contribution in [0.3, 0.4) is 0 Å². The summed E-state index contributed by atoms with van der Waals surface area (Å²) in [4.78, 5) is 11.7. The van der Waals surface area contributed by atoms with Gasteiger partial charge in [0.25, 0.3) is 0 Å². The lowest BCUT2D eigenvalue weighted by atomic mass is 9.85. The molecular formula is C15H21N5. The Morgan fingerprint density at radius 3 is 2.95 bits per heavy atom. The minimum atomic E-state index is 0.132. The van der Waals surface area contributed by atoms with Crippen molar-refractivity contribution in [3.8, 4) is 0 Å². The maximum absolute atomic E-state index is 4.65. The molecular weight excluding hydrogens is 250 g/mol. The molecule has 2 fully saturated rings. The lowest BCUT2D eigenvalue weighted by Crippen LogP contribution is -2.45. The molecule has 0 spiro atoms. The van der Waals surface area contributed by atoms with Gasteiger partial charge in [-0.05, 0) is 31.7 Å². The van der Waals surface area contributed by atoms with Crippen LogP contribution in [0.15, 0.2) is 18.6 Å². The number of nitrogens with one attached hydrogen (secondary N) is 1. The molecule has 5 heteroatoms. The average Bonchev–Trinajstić information content (AvgIpc) is 3.08. The quantitative estimate of drug-likeness (QED) is 0.851. The molecule has 0 bridgehead atoms. The Labute approximate surface area is 119 Å². The molecule has 0 amide bonds. The van der Waals surface area contributed by atoms with Crippen molar-refractivity contribution in [2.45, 2.75) is 19.4 Å². The molecule has 106 valence electrons. The second kappa shape index (κ2) is 3.95. The van der Waals surface area contributed by atoms with E-state index in [4.69, 9.17) is 0 Å². The Morgan fingerprint density at radius 1 is 1.30 bits per heavy atom. The average molecular weight is 271 g/mol. The van der Waals surface area contributed by atoms with Gasteiger partial charge >= 0.3 is 0 Å². The van der Waals surface area contributed by atoms with Gasteiger partial charge in [-0.15, -0.1) is 0 Å². The highest BCUT2D eigenvalue weighted by atomic mass is 15.3. The number of nitrogens with zero attached hydrogens (tertiary/aromatic N) is 4. The zero-order chi connectivity index (χ0) is 13.9. The van der Waals surface area contributed by atoms with Gasteiger partial charge in [-0.1, -0.05) is 0 Å². The fraction of sp³-hybridized carbons (Fsp3) is 0.600. The zero-order valence-electron chi connectivity index (χ0n) is 12.3. The van der Waals surface area contributed by atoms with Gasteiger partial charge in [0, 0.05) is 38.4 Å². The van der Waals surface area contributed by atoms with Crippen LogP contribution in [0.2, 0.25) is 0 Å². The number of pyridine rings is 1. The Morgan fingerprint density at radius 2 is 2.15 bits per heavy atom. The van der Waals surface area contributed by atoms with Crippen molar-refractivity contribution >= 4 is 16.9 Å². The molecule has 0 aliphatic carbocycles. The van der Waals surface area contributed by atoms with E-state index in [0.717, 1.165) is 42.4 Å². The first-order chi connectivity index (χ1) is 9.59. The van der Waals surface area contributed by atoms with Crippen molar-refractivity contribution in [1.82, 2.24) is 19.9 Å². The topological polar surface area (TPSA) is 46.0 Å². The Kier molecular flexibility index (Phi) is 2.40. The molecule has 2 aromatic rings. The maximum atomic E-state index is 4.65. The summed E-state index contributed by atoms with van der Waals surface area (Å²) >= 11 is 0. The second-order valence-corrected chi connectivity index (χ2v) is 6.65. The van der Waals surface area contributed by atoms with E-state index in [1.54, 1.807) is 0 Å². The first-order valence-electron chi connectivity index (χ1n) is 7.33. The first kappa shape index (κ1) is 12.1. The van der Waals surface area contributed by atoms with Crippen LogP contribution in [0.25, 0.3) is 11.0 Å². The van der Waals surface area contributed by atoms with Gasteiger partial charge in [-0.25, -0.2) is 9.97 Å². The third kappa shape index (κ3) is 1.47. The normalized spacial score (nSPS) is 28.2. The van der Waals surface area contributed by atoms with Crippen LogP contribution in [0.1, 0.15) is 13.8 Å². The number of rotatable bonds is 1. The summed E-state index contributed by atoms with van der Waals surface area (Å²) in [6.45, 7) is 8.00. The number of imidazole rings is 1. The van der Waals surface area contributed by atoms with Crippen LogP contribution in [0.4, 0.5) is 5.82 Å². The maximum Gasteiger partial charge on any atom is 0.157 e. The van der Waals surface area contributed by atoms with Crippen molar-refractivity contribution < 1.29 is 0 Å². The standard InChI is InChI=1S/C15H21N5/c1-15(2)11-7-16-6-10(11)8-20(15)14-13-12(4-5-17-14)19(3)9-18-13/h4-5,9-11,16H,6-8H2,1-3H3. The monoisotopic (exact) mass is 271 g/mol. The van der Waals surface area contributed by atoms with E-state index in [0.29, 0.717) is 5.92 Å². The lowest BCUT2D eigenvalue weighted by molar-refractivity contribution is 0.356. The summed E-state index contributed by atoms with van der Waals surface area (Å²) in [5, 5.41) is 3.53. The third-order valence-electron chi connectivity index (χ3n) is 5.24. The van der Waals surface area contributed by atoms with Crippen molar-refractivity contribution in [2.75, 3.05) is 24.5 Å². The van der Waals surface area contributed by atoms with E-state index in [-0.39, 0.29) is 5.54 Å². The highest BCUT2D eigenvalue weighted by molar-refractivity contribution is 5.86. The zero-order valence-corrected chi connectivity index (χ0v) is 12.3. The number of aromatic nitrogens is 3. The highest BCUT2D eigenvalue weighted by Gasteiger charge is 2.50. The van der Waals surface area contributed by atoms with Crippen molar-refractivity contribution in [3.63, 3.8) is 0 Å². The predicted octanol–water partition coefficient (Wildman–Crippen LogP) is 1.40. The molecule has 0 aromatic carbocycles. The number of anilines is 1. The van der Waals surface area contributed by atoms with Crippen molar-refractivity contribution in [3.05, 3.63) is 18.6 Å². The molecule has 0 saturated carbocycles. The van der Waals surface area contributed by atoms with Gasteiger partial charge in [0.05, 0.1) is 11.8 Å².